The first-order valence-corrected chi connectivity index (χ1v) is 6.00. The summed E-state index contributed by atoms with van der Waals surface area (Å²) < 4.78 is 13.0. The van der Waals surface area contributed by atoms with Crippen molar-refractivity contribution in [2.45, 2.75) is 20.3 Å². The Hall–Kier alpha value is -1.42. The van der Waals surface area contributed by atoms with E-state index in [1.807, 2.05) is 0 Å². The van der Waals surface area contributed by atoms with Crippen LogP contribution < -0.4 is 5.32 Å². The molecule has 3 nitrogen and oxygen atoms in total. The summed E-state index contributed by atoms with van der Waals surface area (Å²) in [5.41, 5.74) is 1.59. The van der Waals surface area contributed by atoms with E-state index >= 15 is 0 Å². The molecule has 0 aliphatic rings. The third kappa shape index (κ3) is 3.27. The molecule has 17 heavy (non-hydrogen) atoms. The number of hydrogen-bond acceptors (Lipinski definition) is 2. The summed E-state index contributed by atoms with van der Waals surface area (Å²) in [5, 5.41) is 3.35. The highest BCUT2D eigenvalue weighted by atomic mass is 19.1. The zero-order valence-corrected chi connectivity index (χ0v) is 10.3. The van der Waals surface area contributed by atoms with Crippen LogP contribution in [0.2, 0.25) is 0 Å². The first kappa shape index (κ1) is 12.0. The van der Waals surface area contributed by atoms with Gasteiger partial charge in [-0.25, -0.2) is 9.37 Å². The molecule has 92 valence electrons. The molecule has 0 saturated carbocycles. The van der Waals surface area contributed by atoms with Gasteiger partial charge in [-0.3, -0.25) is 0 Å². The zero-order valence-electron chi connectivity index (χ0n) is 10.3. The van der Waals surface area contributed by atoms with Crippen molar-refractivity contribution in [2.75, 3.05) is 13.1 Å². The lowest BCUT2D eigenvalue weighted by molar-refractivity contribution is 0.551. The molecule has 0 bridgehead atoms. The summed E-state index contributed by atoms with van der Waals surface area (Å²) in [5.74, 6) is 1.33. The number of hydrogen-bond donors (Lipinski definition) is 2. The summed E-state index contributed by atoms with van der Waals surface area (Å²) in [4.78, 5) is 7.54. The summed E-state index contributed by atoms with van der Waals surface area (Å²) in [7, 11) is 0. The fraction of sp³-hybridized carbons (Fsp3) is 0.462. The van der Waals surface area contributed by atoms with Crippen LogP contribution in [0.25, 0.3) is 11.0 Å². The van der Waals surface area contributed by atoms with Gasteiger partial charge in [-0.05, 0) is 30.7 Å². The lowest BCUT2D eigenvalue weighted by atomic mass is 10.2. The summed E-state index contributed by atoms with van der Waals surface area (Å²) >= 11 is 0. The highest BCUT2D eigenvalue weighted by Gasteiger charge is 2.03. The smallest absolute Gasteiger partial charge is 0.125 e. The molecule has 1 aromatic heterocycles. The SMILES string of the molecule is CC(C)CNCCc1nc2ccc(F)cc2[nH]1. The molecule has 0 fully saturated rings. The van der Waals surface area contributed by atoms with Crippen LogP contribution in [0.1, 0.15) is 19.7 Å². The predicted molar refractivity (Wildman–Crippen MR) is 67.5 cm³/mol. The molecular weight excluding hydrogens is 217 g/mol. The topological polar surface area (TPSA) is 40.7 Å². The number of rotatable bonds is 5. The molecule has 0 atom stereocenters. The Morgan fingerprint density at radius 2 is 2.24 bits per heavy atom. The van der Waals surface area contributed by atoms with Crippen molar-refractivity contribution in [1.29, 1.82) is 0 Å². The minimum absolute atomic E-state index is 0.231. The van der Waals surface area contributed by atoms with Gasteiger partial charge in [0.1, 0.15) is 11.6 Å². The van der Waals surface area contributed by atoms with E-state index in [2.05, 4.69) is 29.1 Å². The van der Waals surface area contributed by atoms with Crippen molar-refractivity contribution in [1.82, 2.24) is 15.3 Å². The molecule has 4 heteroatoms. The molecule has 0 spiro atoms. The van der Waals surface area contributed by atoms with Gasteiger partial charge in [0.25, 0.3) is 0 Å². The van der Waals surface area contributed by atoms with Crippen LogP contribution >= 0.6 is 0 Å². The maximum atomic E-state index is 13.0. The predicted octanol–water partition coefficient (Wildman–Crippen LogP) is 2.49. The second-order valence-corrected chi connectivity index (χ2v) is 4.69. The number of imidazole rings is 1. The number of halogens is 1. The molecule has 0 aliphatic heterocycles. The first-order valence-electron chi connectivity index (χ1n) is 6.00. The largest absolute Gasteiger partial charge is 0.342 e. The summed E-state index contributed by atoms with van der Waals surface area (Å²) in [6, 6.07) is 4.61. The van der Waals surface area contributed by atoms with Crippen LogP contribution in [-0.2, 0) is 6.42 Å². The Morgan fingerprint density at radius 1 is 1.41 bits per heavy atom. The molecule has 0 unspecified atom stereocenters. The number of nitrogens with one attached hydrogen (secondary N) is 2. The highest BCUT2D eigenvalue weighted by molar-refractivity contribution is 5.74. The molecule has 2 N–H and O–H groups in total. The average Bonchev–Trinajstić information content (AvgIpc) is 2.66. The first-order chi connectivity index (χ1) is 8.15. The fourth-order valence-electron chi connectivity index (χ4n) is 1.75. The number of H-pyrrole nitrogens is 1. The van der Waals surface area contributed by atoms with Crippen LogP contribution in [0.15, 0.2) is 18.2 Å². The van der Waals surface area contributed by atoms with E-state index in [4.69, 9.17) is 0 Å². The van der Waals surface area contributed by atoms with Gasteiger partial charge in [0.15, 0.2) is 0 Å². The van der Waals surface area contributed by atoms with Crippen LogP contribution in [0.3, 0.4) is 0 Å². The van der Waals surface area contributed by atoms with E-state index in [1.54, 1.807) is 6.07 Å². The monoisotopic (exact) mass is 235 g/mol. The maximum absolute atomic E-state index is 13.0. The van der Waals surface area contributed by atoms with Gasteiger partial charge < -0.3 is 10.3 Å². The third-order valence-electron chi connectivity index (χ3n) is 2.58. The van der Waals surface area contributed by atoms with Crippen molar-refractivity contribution in [3.8, 4) is 0 Å². The van der Waals surface area contributed by atoms with E-state index in [9.17, 15) is 4.39 Å². The normalized spacial score (nSPS) is 11.5. The molecule has 0 amide bonds. The van der Waals surface area contributed by atoms with Crippen molar-refractivity contribution in [3.05, 3.63) is 29.8 Å². The Labute approximate surface area is 100 Å². The van der Waals surface area contributed by atoms with Crippen molar-refractivity contribution < 1.29 is 4.39 Å². The van der Waals surface area contributed by atoms with E-state index < -0.39 is 0 Å². The lowest BCUT2D eigenvalue weighted by Crippen LogP contribution is -2.22. The summed E-state index contributed by atoms with van der Waals surface area (Å²) in [6.07, 6.45) is 0.836. The van der Waals surface area contributed by atoms with E-state index in [0.29, 0.717) is 5.92 Å². The van der Waals surface area contributed by atoms with Gasteiger partial charge >= 0.3 is 0 Å². The number of nitrogens with zero attached hydrogens (tertiary/aromatic N) is 1. The maximum Gasteiger partial charge on any atom is 0.125 e. The molecule has 0 saturated heterocycles. The van der Waals surface area contributed by atoms with Crippen LogP contribution in [0, 0.1) is 11.7 Å². The van der Waals surface area contributed by atoms with Gasteiger partial charge in [-0.2, -0.15) is 0 Å². The fourth-order valence-corrected chi connectivity index (χ4v) is 1.75. The van der Waals surface area contributed by atoms with Crippen LogP contribution in [-0.4, -0.2) is 23.1 Å². The number of benzene rings is 1. The molecule has 2 aromatic rings. The molecule has 0 aliphatic carbocycles. The van der Waals surface area contributed by atoms with Crippen molar-refractivity contribution in [3.63, 3.8) is 0 Å². The zero-order chi connectivity index (χ0) is 12.3. The third-order valence-corrected chi connectivity index (χ3v) is 2.58. The van der Waals surface area contributed by atoms with Crippen molar-refractivity contribution in [2.24, 2.45) is 5.92 Å². The molecular formula is C13H18FN3. The number of aromatic nitrogens is 2. The van der Waals surface area contributed by atoms with Crippen molar-refractivity contribution >= 4 is 11.0 Å². The van der Waals surface area contributed by atoms with Gasteiger partial charge in [0, 0.05) is 13.0 Å². The second-order valence-electron chi connectivity index (χ2n) is 4.69. The summed E-state index contributed by atoms with van der Waals surface area (Å²) in [6.45, 7) is 6.25. The molecule has 1 heterocycles. The molecule has 0 radical (unpaired) electrons. The quantitative estimate of drug-likeness (QED) is 0.782. The van der Waals surface area contributed by atoms with Gasteiger partial charge in [-0.15, -0.1) is 0 Å². The average molecular weight is 235 g/mol. The number of fused-ring (bicyclic) bond motifs is 1. The standard InChI is InChI=1S/C13H18FN3/c1-9(2)8-15-6-5-13-16-11-4-3-10(14)7-12(11)17-13/h3-4,7,9,15H,5-6,8H2,1-2H3,(H,16,17). The minimum atomic E-state index is -0.231. The second kappa shape index (κ2) is 5.27. The molecule has 2 rings (SSSR count). The van der Waals surface area contributed by atoms with Gasteiger partial charge in [0.05, 0.1) is 11.0 Å². The van der Waals surface area contributed by atoms with E-state index in [1.165, 1.54) is 12.1 Å². The van der Waals surface area contributed by atoms with E-state index in [0.717, 1.165) is 36.4 Å². The Balaban J connectivity index is 1.95. The van der Waals surface area contributed by atoms with Gasteiger partial charge in [0.2, 0.25) is 0 Å². The van der Waals surface area contributed by atoms with Crippen LogP contribution in [0.5, 0.6) is 0 Å². The Bertz CT molecular complexity index is 490. The van der Waals surface area contributed by atoms with Gasteiger partial charge in [-0.1, -0.05) is 13.8 Å². The molecule has 1 aromatic carbocycles. The Morgan fingerprint density at radius 3 is 3.00 bits per heavy atom. The van der Waals surface area contributed by atoms with Crippen LogP contribution in [0.4, 0.5) is 4.39 Å². The lowest BCUT2D eigenvalue weighted by Gasteiger charge is -2.05. The minimum Gasteiger partial charge on any atom is -0.342 e. The number of aromatic amines is 1. The Kier molecular flexibility index (Phi) is 3.74. The van der Waals surface area contributed by atoms with E-state index in [-0.39, 0.29) is 5.82 Å². The highest BCUT2D eigenvalue weighted by Crippen LogP contribution is 2.12.